The Morgan fingerprint density at radius 3 is 2.48 bits per heavy atom. The smallest absolute Gasteiger partial charge is 0.136 e. The molecule has 8 nitrogen and oxygen atoms in total. The Balaban J connectivity index is 1.68. The molecular formula is C23H37NO7. The van der Waals surface area contributed by atoms with Gasteiger partial charge in [0.1, 0.15) is 11.2 Å². The molecule has 176 valence electrons. The summed E-state index contributed by atoms with van der Waals surface area (Å²) in [5.41, 5.74) is -4.55. The Morgan fingerprint density at radius 2 is 1.87 bits per heavy atom. The third kappa shape index (κ3) is 1.89. The topological polar surface area (TPSA) is 123 Å². The molecule has 0 amide bonds. The summed E-state index contributed by atoms with van der Waals surface area (Å²) in [6.07, 6.45) is -0.520. The summed E-state index contributed by atoms with van der Waals surface area (Å²) in [6.45, 7) is 3.23. The minimum absolute atomic E-state index is 0.0478. The molecule has 6 rings (SSSR count). The zero-order valence-electron chi connectivity index (χ0n) is 18.6. The van der Waals surface area contributed by atoms with Gasteiger partial charge in [0, 0.05) is 55.8 Å². The number of methoxy groups -OCH3 is 2. The van der Waals surface area contributed by atoms with Gasteiger partial charge in [0.05, 0.1) is 37.1 Å². The molecule has 0 aromatic heterocycles. The summed E-state index contributed by atoms with van der Waals surface area (Å²) in [4.78, 5) is 2.18. The first-order valence-electron chi connectivity index (χ1n) is 11.9. The Kier molecular flexibility index (Phi) is 4.26. The number of hydrogen-bond donors (Lipinski definition) is 5. The molecule has 0 radical (unpaired) electrons. The largest absolute Gasteiger partial charge is 0.396 e. The first kappa shape index (κ1) is 21.2. The van der Waals surface area contributed by atoms with Gasteiger partial charge >= 0.3 is 0 Å². The second kappa shape index (κ2) is 6.21. The monoisotopic (exact) mass is 439 g/mol. The number of piperidine rings is 1. The van der Waals surface area contributed by atoms with E-state index >= 15 is 0 Å². The summed E-state index contributed by atoms with van der Waals surface area (Å²) in [7, 11) is 3.16. The van der Waals surface area contributed by atoms with E-state index in [4.69, 9.17) is 9.47 Å². The van der Waals surface area contributed by atoms with Gasteiger partial charge in [-0.1, -0.05) is 6.92 Å². The lowest BCUT2D eigenvalue weighted by Gasteiger charge is -2.69. The Morgan fingerprint density at radius 1 is 1.13 bits per heavy atom. The minimum atomic E-state index is -1.68. The number of aliphatic hydroxyl groups excluding tert-OH is 3. The Bertz CT molecular complexity index is 783. The van der Waals surface area contributed by atoms with Crippen LogP contribution in [0.15, 0.2) is 0 Å². The van der Waals surface area contributed by atoms with Gasteiger partial charge in [-0.25, -0.2) is 0 Å². The zero-order chi connectivity index (χ0) is 22.1. The highest BCUT2D eigenvalue weighted by Crippen LogP contribution is 2.80. The van der Waals surface area contributed by atoms with E-state index in [1.165, 1.54) is 0 Å². The van der Waals surface area contributed by atoms with Gasteiger partial charge in [-0.2, -0.15) is 0 Å². The van der Waals surface area contributed by atoms with Crippen molar-refractivity contribution in [1.82, 2.24) is 4.90 Å². The standard InChI is InChI=1S/C23H37NO7/c1-4-24-9-20(10-25)6-5-14(26)22-12-7-11-13(30-2)8-21(28,15(12)16(11)27)23(29,19(22)24)18(31-3)17(20)22/h11-19,25-29H,4-10H2,1-3H3. The molecule has 0 aromatic carbocycles. The summed E-state index contributed by atoms with van der Waals surface area (Å²) in [6, 6.07) is -0.497. The number of hydrogen-bond acceptors (Lipinski definition) is 8. The predicted molar refractivity (Wildman–Crippen MR) is 109 cm³/mol. The number of nitrogens with zero attached hydrogens (tertiary/aromatic N) is 1. The van der Waals surface area contributed by atoms with Crippen molar-refractivity contribution in [3.8, 4) is 0 Å². The van der Waals surface area contributed by atoms with Crippen LogP contribution in [-0.4, -0.2) is 106 Å². The van der Waals surface area contributed by atoms with Crippen LogP contribution in [0.3, 0.4) is 0 Å². The third-order valence-corrected chi connectivity index (χ3v) is 11.1. The SMILES string of the molecule is CCN1CC2(CO)CCC(O)C34C5CC6C(OC)CC(O)(C5C6O)C(O)(C(OC)C23)C14. The van der Waals surface area contributed by atoms with E-state index in [0.29, 0.717) is 32.4 Å². The molecule has 6 fully saturated rings. The molecule has 1 aliphatic heterocycles. The molecule has 13 unspecified atom stereocenters. The fourth-order valence-corrected chi connectivity index (χ4v) is 10.4. The highest BCUT2D eigenvalue weighted by molar-refractivity contribution is 5.41. The molecule has 1 spiro atoms. The number of likely N-dealkylation sites (N-methyl/N-ethyl adjacent to an activating group) is 1. The maximum Gasteiger partial charge on any atom is 0.136 e. The van der Waals surface area contributed by atoms with Gasteiger partial charge in [0.15, 0.2) is 0 Å². The third-order valence-electron chi connectivity index (χ3n) is 11.1. The van der Waals surface area contributed by atoms with E-state index in [-0.39, 0.29) is 36.9 Å². The molecule has 7 bridgehead atoms. The van der Waals surface area contributed by atoms with E-state index < -0.39 is 52.3 Å². The molecular weight excluding hydrogens is 402 g/mol. The average Bonchev–Trinajstić information content (AvgIpc) is 3.13. The molecule has 8 heteroatoms. The highest BCUT2D eigenvalue weighted by atomic mass is 16.5. The van der Waals surface area contributed by atoms with Crippen molar-refractivity contribution < 1.29 is 35.0 Å². The van der Waals surface area contributed by atoms with Gasteiger partial charge in [0.2, 0.25) is 0 Å². The van der Waals surface area contributed by atoms with Gasteiger partial charge in [-0.05, 0) is 31.7 Å². The van der Waals surface area contributed by atoms with Crippen molar-refractivity contribution in [3.05, 3.63) is 0 Å². The molecule has 6 aliphatic rings. The van der Waals surface area contributed by atoms with Crippen LogP contribution in [0.4, 0.5) is 0 Å². The van der Waals surface area contributed by atoms with Crippen molar-refractivity contribution in [1.29, 1.82) is 0 Å². The van der Waals surface area contributed by atoms with E-state index in [0.717, 1.165) is 0 Å². The normalized spacial score (nSPS) is 64.1. The van der Waals surface area contributed by atoms with Gasteiger partial charge in [0.25, 0.3) is 0 Å². The summed E-state index contributed by atoms with van der Waals surface area (Å²) >= 11 is 0. The van der Waals surface area contributed by atoms with Gasteiger partial charge in [-0.15, -0.1) is 0 Å². The van der Waals surface area contributed by atoms with Crippen molar-refractivity contribution in [2.24, 2.45) is 34.5 Å². The molecule has 5 saturated carbocycles. The van der Waals surface area contributed by atoms with Crippen LogP contribution in [0, 0.1) is 34.5 Å². The molecule has 13 atom stereocenters. The lowest BCUT2D eigenvalue weighted by Crippen LogP contribution is -2.81. The van der Waals surface area contributed by atoms with Crippen LogP contribution in [0.1, 0.15) is 32.6 Å². The van der Waals surface area contributed by atoms with Crippen molar-refractivity contribution >= 4 is 0 Å². The minimum Gasteiger partial charge on any atom is -0.396 e. The van der Waals surface area contributed by atoms with Crippen LogP contribution in [0.5, 0.6) is 0 Å². The maximum absolute atomic E-state index is 12.7. The molecule has 5 N–H and O–H groups in total. The van der Waals surface area contributed by atoms with Gasteiger partial charge < -0.3 is 35.0 Å². The summed E-state index contributed by atoms with van der Waals surface area (Å²) < 4.78 is 11.8. The number of fused-ring (bicyclic) bond motifs is 2. The lowest BCUT2D eigenvalue weighted by molar-refractivity contribution is -0.317. The zero-order valence-corrected chi connectivity index (χ0v) is 18.6. The second-order valence-electron chi connectivity index (χ2n) is 11.4. The maximum atomic E-state index is 12.7. The van der Waals surface area contributed by atoms with Crippen LogP contribution in [-0.2, 0) is 9.47 Å². The number of ether oxygens (including phenoxy) is 2. The van der Waals surface area contributed by atoms with Crippen LogP contribution < -0.4 is 0 Å². The van der Waals surface area contributed by atoms with E-state index in [9.17, 15) is 25.5 Å². The number of likely N-dealkylation sites (tertiary alicyclic amines) is 1. The number of rotatable bonds is 4. The average molecular weight is 440 g/mol. The molecule has 5 aliphatic carbocycles. The highest BCUT2D eigenvalue weighted by Gasteiger charge is 2.91. The molecule has 31 heavy (non-hydrogen) atoms. The van der Waals surface area contributed by atoms with Crippen LogP contribution in [0.2, 0.25) is 0 Å². The molecule has 0 aromatic rings. The fourth-order valence-electron chi connectivity index (χ4n) is 10.4. The van der Waals surface area contributed by atoms with Crippen molar-refractivity contribution in [3.63, 3.8) is 0 Å². The lowest BCUT2D eigenvalue weighted by atomic mass is 9.42. The molecule has 1 saturated heterocycles. The van der Waals surface area contributed by atoms with Crippen molar-refractivity contribution in [2.45, 2.75) is 74.3 Å². The van der Waals surface area contributed by atoms with E-state index in [2.05, 4.69) is 4.90 Å². The van der Waals surface area contributed by atoms with E-state index in [1.807, 2.05) is 6.92 Å². The van der Waals surface area contributed by atoms with Crippen LogP contribution in [0.25, 0.3) is 0 Å². The molecule has 1 heterocycles. The van der Waals surface area contributed by atoms with Crippen molar-refractivity contribution in [2.75, 3.05) is 33.9 Å². The summed E-state index contributed by atoms with van der Waals surface area (Å²) in [5.74, 6) is -1.15. The quantitative estimate of drug-likeness (QED) is 0.377. The second-order valence-corrected chi connectivity index (χ2v) is 11.4. The Hall–Kier alpha value is -0.320. The van der Waals surface area contributed by atoms with E-state index in [1.54, 1.807) is 14.2 Å². The Labute approximate surface area is 183 Å². The summed E-state index contributed by atoms with van der Waals surface area (Å²) in [5, 5.41) is 58.9. The first-order valence-corrected chi connectivity index (χ1v) is 11.9. The number of aliphatic hydroxyl groups is 5. The first-order chi connectivity index (χ1) is 14.7. The van der Waals surface area contributed by atoms with Crippen LogP contribution >= 0.6 is 0 Å². The fraction of sp³-hybridized carbons (Fsp3) is 1.00. The predicted octanol–water partition coefficient (Wildman–Crippen LogP) is -1.04. The van der Waals surface area contributed by atoms with Gasteiger partial charge in [-0.3, -0.25) is 4.90 Å².